The van der Waals surface area contributed by atoms with E-state index < -0.39 is 28.5 Å². The van der Waals surface area contributed by atoms with E-state index in [2.05, 4.69) is 5.32 Å². The van der Waals surface area contributed by atoms with Crippen LogP contribution in [0, 0.1) is 13.8 Å². The Morgan fingerprint density at radius 3 is 2.08 bits per heavy atom. The summed E-state index contributed by atoms with van der Waals surface area (Å²) in [5.41, 5.74) is 2.88. The number of sulfonamides is 1. The van der Waals surface area contributed by atoms with Gasteiger partial charge < -0.3 is 10.2 Å². The summed E-state index contributed by atoms with van der Waals surface area (Å²) in [7, 11) is -2.57. The monoisotopic (exact) mass is 541 g/mol. The first kappa shape index (κ1) is 28.2. The van der Waals surface area contributed by atoms with Crippen molar-refractivity contribution in [2.45, 2.75) is 44.7 Å². The van der Waals surface area contributed by atoms with E-state index in [1.54, 1.807) is 54.6 Å². The average molecular weight is 542 g/mol. The third-order valence-corrected chi connectivity index (χ3v) is 8.04. The van der Waals surface area contributed by atoms with E-state index in [-0.39, 0.29) is 17.3 Å². The molecule has 1 N–H and O–H groups in total. The lowest BCUT2D eigenvalue weighted by Gasteiger charge is -2.33. The highest BCUT2D eigenvalue weighted by Gasteiger charge is 2.33. The summed E-state index contributed by atoms with van der Waals surface area (Å²) in [5.74, 6) is -0.822. The van der Waals surface area contributed by atoms with Crippen molar-refractivity contribution >= 4 is 39.1 Å². The van der Waals surface area contributed by atoms with Crippen molar-refractivity contribution in [3.05, 3.63) is 94.5 Å². The highest BCUT2D eigenvalue weighted by atomic mass is 35.5. The molecule has 2 amide bonds. The van der Waals surface area contributed by atoms with Crippen LogP contribution in [0.3, 0.4) is 0 Å². The normalized spacial score (nSPS) is 12.0. The third kappa shape index (κ3) is 6.90. The second kappa shape index (κ2) is 12.3. The number of rotatable bonds is 10. The molecule has 0 radical (unpaired) electrons. The fourth-order valence-electron chi connectivity index (χ4n) is 4.22. The Labute approximate surface area is 224 Å². The lowest BCUT2D eigenvalue weighted by molar-refractivity contribution is -0.140. The number of carbonyl (C=O) groups is 2. The number of hydrogen-bond donors (Lipinski definition) is 1. The number of halogens is 1. The summed E-state index contributed by atoms with van der Waals surface area (Å²) in [6.07, 6.45) is 0.355. The average Bonchev–Trinajstić information content (AvgIpc) is 2.87. The van der Waals surface area contributed by atoms with E-state index in [0.29, 0.717) is 17.1 Å². The van der Waals surface area contributed by atoms with E-state index in [0.717, 1.165) is 21.0 Å². The number of anilines is 1. The maximum absolute atomic E-state index is 13.9. The van der Waals surface area contributed by atoms with Gasteiger partial charge in [0, 0.05) is 18.6 Å². The van der Waals surface area contributed by atoms with Crippen LogP contribution in [0.5, 0.6) is 0 Å². The van der Waals surface area contributed by atoms with Crippen LogP contribution < -0.4 is 9.62 Å². The molecule has 3 aromatic carbocycles. The van der Waals surface area contributed by atoms with Gasteiger partial charge in [-0.3, -0.25) is 13.9 Å². The minimum absolute atomic E-state index is 0.0737. The Hall–Kier alpha value is -3.36. The first-order valence-corrected chi connectivity index (χ1v) is 13.8. The van der Waals surface area contributed by atoms with Crippen molar-refractivity contribution in [2.24, 2.45) is 0 Å². The van der Waals surface area contributed by atoms with Crippen LogP contribution in [0.1, 0.15) is 30.0 Å². The lowest BCUT2D eigenvalue weighted by Crippen LogP contribution is -2.51. The number of carbonyl (C=O) groups excluding carboxylic acids is 2. The molecule has 0 unspecified atom stereocenters. The molecule has 0 fully saturated rings. The molecule has 0 bridgehead atoms. The molecule has 196 valence electrons. The minimum Gasteiger partial charge on any atom is -0.357 e. The molecular formula is C28H32ClN3O4S. The van der Waals surface area contributed by atoms with Gasteiger partial charge in [0.1, 0.15) is 12.6 Å². The number of amides is 2. The SMILES string of the molecule is CC[C@@H](C(=O)NC)N(Cc1ccc(Cl)cc1)C(=O)CN(c1cc(C)cc(C)c1)S(=O)(=O)c1ccccc1. The summed E-state index contributed by atoms with van der Waals surface area (Å²) in [6.45, 7) is 5.20. The Bertz CT molecular complexity index is 1330. The molecule has 0 aliphatic heterocycles. The Morgan fingerprint density at radius 2 is 1.54 bits per heavy atom. The summed E-state index contributed by atoms with van der Waals surface area (Å²) in [6, 6.07) is 19.6. The molecule has 3 rings (SSSR count). The van der Waals surface area contributed by atoms with Crippen molar-refractivity contribution < 1.29 is 18.0 Å². The molecular weight excluding hydrogens is 510 g/mol. The van der Waals surface area contributed by atoms with Gasteiger partial charge in [-0.2, -0.15) is 0 Å². The van der Waals surface area contributed by atoms with E-state index in [4.69, 9.17) is 11.6 Å². The van der Waals surface area contributed by atoms with E-state index in [1.165, 1.54) is 24.1 Å². The maximum Gasteiger partial charge on any atom is 0.264 e. The quantitative estimate of drug-likeness (QED) is 0.403. The number of benzene rings is 3. The summed E-state index contributed by atoms with van der Waals surface area (Å²) >= 11 is 6.03. The second-order valence-electron chi connectivity index (χ2n) is 8.86. The van der Waals surface area contributed by atoms with Gasteiger partial charge in [-0.25, -0.2) is 8.42 Å². The van der Waals surface area contributed by atoms with Gasteiger partial charge in [0.2, 0.25) is 11.8 Å². The Morgan fingerprint density at radius 1 is 0.946 bits per heavy atom. The van der Waals surface area contributed by atoms with E-state index >= 15 is 0 Å². The molecule has 0 aliphatic carbocycles. The zero-order chi connectivity index (χ0) is 27.2. The van der Waals surface area contributed by atoms with Crippen LogP contribution in [-0.2, 0) is 26.2 Å². The van der Waals surface area contributed by atoms with Gasteiger partial charge in [-0.05, 0) is 73.4 Å². The van der Waals surface area contributed by atoms with Gasteiger partial charge in [-0.15, -0.1) is 0 Å². The molecule has 1 atom stereocenters. The molecule has 7 nitrogen and oxygen atoms in total. The van der Waals surface area contributed by atoms with Gasteiger partial charge in [0.25, 0.3) is 10.0 Å². The molecule has 0 aliphatic rings. The highest BCUT2D eigenvalue weighted by molar-refractivity contribution is 7.92. The van der Waals surface area contributed by atoms with Gasteiger partial charge >= 0.3 is 0 Å². The predicted octanol–water partition coefficient (Wildman–Crippen LogP) is 4.71. The smallest absolute Gasteiger partial charge is 0.264 e. The van der Waals surface area contributed by atoms with Crippen LogP contribution >= 0.6 is 11.6 Å². The molecule has 0 heterocycles. The zero-order valence-electron chi connectivity index (χ0n) is 21.4. The first-order chi connectivity index (χ1) is 17.6. The molecule has 3 aromatic rings. The molecule has 0 aromatic heterocycles. The van der Waals surface area contributed by atoms with Crippen LogP contribution in [0.15, 0.2) is 77.7 Å². The number of nitrogens with zero attached hydrogens (tertiary/aromatic N) is 2. The van der Waals surface area contributed by atoms with Gasteiger partial charge in [0.05, 0.1) is 10.6 Å². The largest absolute Gasteiger partial charge is 0.357 e. The molecule has 37 heavy (non-hydrogen) atoms. The van der Waals surface area contributed by atoms with Gasteiger partial charge in [-0.1, -0.05) is 54.9 Å². The first-order valence-electron chi connectivity index (χ1n) is 12.0. The molecule has 0 saturated carbocycles. The fourth-order valence-corrected chi connectivity index (χ4v) is 5.76. The van der Waals surface area contributed by atoms with Crippen LogP contribution in [0.4, 0.5) is 5.69 Å². The third-order valence-electron chi connectivity index (χ3n) is 6.00. The van der Waals surface area contributed by atoms with Gasteiger partial charge in [0.15, 0.2) is 0 Å². The fraction of sp³-hybridized carbons (Fsp3) is 0.286. The van der Waals surface area contributed by atoms with Crippen LogP contribution in [0.25, 0.3) is 0 Å². The standard InChI is InChI=1S/C28H32ClN3O4S/c1-5-26(28(34)30-4)31(18-22-11-13-23(29)14-12-22)27(33)19-32(24-16-20(2)15-21(3)17-24)37(35,36)25-9-7-6-8-10-25/h6-17,26H,5,18-19H2,1-4H3,(H,30,34)/t26-/m0/s1. The summed E-state index contributed by atoms with van der Waals surface area (Å²) in [4.78, 5) is 28.1. The second-order valence-corrected chi connectivity index (χ2v) is 11.2. The Balaban J connectivity index is 2.07. The Kier molecular flexibility index (Phi) is 9.34. The maximum atomic E-state index is 13.9. The van der Waals surface area contributed by atoms with Crippen LogP contribution in [0.2, 0.25) is 5.02 Å². The number of aryl methyl sites for hydroxylation is 2. The topological polar surface area (TPSA) is 86.8 Å². The molecule has 0 spiro atoms. The summed E-state index contributed by atoms with van der Waals surface area (Å²) in [5, 5.41) is 3.17. The zero-order valence-corrected chi connectivity index (χ0v) is 23.0. The van der Waals surface area contributed by atoms with Crippen molar-refractivity contribution in [1.82, 2.24) is 10.2 Å². The van der Waals surface area contributed by atoms with Crippen molar-refractivity contribution in [1.29, 1.82) is 0 Å². The molecule has 9 heteroatoms. The van der Waals surface area contributed by atoms with E-state index in [1.807, 2.05) is 26.8 Å². The van der Waals surface area contributed by atoms with Crippen molar-refractivity contribution in [3.63, 3.8) is 0 Å². The van der Waals surface area contributed by atoms with Crippen molar-refractivity contribution in [3.8, 4) is 0 Å². The highest BCUT2D eigenvalue weighted by Crippen LogP contribution is 2.27. The van der Waals surface area contributed by atoms with Crippen LogP contribution in [-0.4, -0.2) is 44.8 Å². The molecule has 0 saturated heterocycles. The number of nitrogens with one attached hydrogen (secondary N) is 1. The summed E-state index contributed by atoms with van der Waals surface area (Å²) < 4.78 is 28.7. The minimum atomic E-state index is -4.09. The van der Waals surface area contributed by atoms with Crippen molar-refractivity contribution in [2.75, 3.05) is 17.9 Å². The predicted molar refractivity (Wildman–Crippen MR) is 147 cm³/mol. The lowest BCUT2D eigenvalue weighted by atomic mass is 10.1. The number of hydrogen-bond acceptors (Lipinski definition) is 4. The number of likely N-dealkylation sites (N-methyl/N-ethyl adjacent to an activating group) is 1. The van der Waals surface area contributed by atoms with E-state index in [9.17, 15) is 18.0 Å².